The third kappa shape index (κ3) is 2.40. The highest BCUT2D eigenvalue weighted by Crippen LogP contribution is 2.36. The van der Waals surface area contributed by atoms with E-state index < -0.39 is 11.9 Å². The fourth-order valence-electron chi connectivity index (χ4n) is 1.66. The van der Waals surface area contributed by atoms with E-state index in [0.29, 0.717) is 11.3 Å². The molecular formula is C12H14N2O3S. The molecule has 0 bridgehead atoms. The van der Waals surface area contributed by atoms with Crippen LogP contribution in [0.4, 0.5) is 5.69 Å². The quantitative estimate of drug-likeness (QED) is 0.698. The van der Waals surface area contributed by atoms with Crippen molar-refractivity contribution in [3.8, 4) is 0 Å². The second-order valence-corrected chi connectivity index (χ2v) is 5.46. The number of nitrogens with one attached hydrogen (secondary N) is 1. The molecule has 4 N–H and O–H groups in total. The minimum absolute atomic E-state index is 0.0866. The molecule has 1 aliphatic rings. The van der Waals surface area contributed by atoms with Crippen LogP contribution in [0.15, 0.2) is 23.1 Å². The predicted molar refractivity (Wildman–Crippen MR) is 69.8 cm³/mol. The maximum atomic E-state index is 11.8. The van der Waals surface area contributed by atoms with Crippen molar-refractivity contribution in [3.63, 3.8) is 0 Å². The molecule has 1 amide bonds. The smallest absolute Gasteiger partial charge is 0.237 e. The summed E-state index contributed by atoms with van der Waals surface area (Å²) in [5, 5.41) is 12.0. The van der Waals surface area contributed by atoms with Gasteiger partial charge in [-0.15, -0.1) is 11.8 Å². The molecule has 0 aliphatic carbocycles. The van der Waals surface area contributed by atoms with Gasteiger partial charge >= 0.3 is 0 Å². The molecule has 0 fully saturated rings. The Hall–Kier alpha value is -1.37. The zero-order valence-corrected chi connectivity index (χ0v) is 10.7. The van der Waals surface area contributed by atoms with Gasteiger partial charge in [0.15, 0.2) is 5.78 Å². The zero-order valence-electron chi connectivity index (χ0n) is 9.84. The summed E-state index contributed by atoms with van der Waals surface area (Å²) >= 11 is 1.44. The fourth-order valence-corrected chi connectivity index (χ4v) is 2.59. The average molecular weight is 266 g/mol. The molecule has 0 radical (unpaired) electrons. The van der Waals surface area contributed by atoms with Gasteiger partial charge in [0.2, 0.25) is 5.91 Å². The summed E-state index contributed by atoms with van der Waals surface area (Å²) in [6.07, 6.45) is -1.20. The summed E-state index contributed by atoms with van der Waals surface area (Å²) < 4.78 is 0. The van der Waals surface area contributed by atoms with E-state index in [2.05, 4.69) is 5.32 Å². The van der Waals surface area contributed by atoms with Crippen LogP contribution >= 0.6 is 11.8 Å². The molecule has 2 atom stereocenters. The normalized spacial score (nSPS) is 19.9. The maximum absolute atomic E-state index is 11.8. The first-order valence-electron chi connectivity index (χ1n) is 5.57. The topological polar surface area (TPSA) is 92.4 Å². The van der Waals surface area contributed by atoms with E-state index in [1.165, 1.54) is 11.8 Å². The van der Waals surface area contributed by atoms with Gasteiger partial charge in [-0.3, -0.25) is 9.59 Å². The third-order valence-electron chi connectivity index (χ3n) is 2.72. The molecule has 6 heteroatoms. The Bertz CT molecular complexity index is 504. The number of fused-ring (bicyclic) bond motifs is 1. The standard InChI is InChI=1S/C12H14N2O3S/c1-6-12(17)14-8-4-7(2-3-10(8)18-6)11(16)9(15)5-13/h2-4,6,9,15H,5,13H2,1H3,(H,14,17). The first-order valence-corrected chi connectivity index (χ1v) is 6.45. The number of carbonyl (C=O) groups excluding carboxylic acids is 2. The largest absolute Gasteiger partial charge is 0.384 e. The lowest BCUT2D eigenvalue weighted by molar-refractivity contribution is -0.115. The Morgan fingerprint density at radius 3 is 3.00 bits per heavy atom. The molecular weight excluding hydrogens is 252 g/mol. The molecule has 1 aromatic rings. The number of hydrogen-bond acceptors (Lipinski definition) is 5. The van der Waals surface area contributed by atoms with Crippen LogP contribution in [0.2, 0.25) is 0 Å². The highest BCUT2D eigenvalue weighted by atomic mass is 32.2. The molecule has 0 saturated heterocycles. The molecule has 1 aliphatic heterocycles. The Balaban J connectivity index is 2.30. The highest BCUT2D eigenvalue weighted by Gasteiger charge is 2.24. The van der Waals surface area contributed by atoms with Gasteiger partial charge in [0.25, 0.3) is 0 Å². The Labute approximate surface area is 109 Å². The lowest BCUT2D eigenvalue weighted by Crippen LogP contribution is -2.30. The summed E-state index contributed by atoms with van der Waals surface area (Å²) in [5.41, 5.74) is 6.20. The zero-order chi connectivity index (χ0) is 13.3. The monoisotopic (exact) mass is 266 g/mol. The van der Waals surface area contributed by atoms with Gasteiger partial charge in [0.05, 0.1) is 10.9 Å². The number of hydrogen-bond donors (Lipinski definition) is 3. The van der Waals surface area contributed by atoms with Crippen LogP contribution in [0.3, 0.4) is 0 Å². The number of thioether (sulfide) groups is 1. The third-order valence-corrected chi connectivity index (χ3v) is 3.90. The Morgan fingerprint density at radius 1 is 1.61 bits per heavy atom. The summed E-state index contributed by atoms with van der Waals surface area (Å²) in [6.45, 7) is 1.70. The van der Waals surface area contributed by atoms with Gasteiger partial charge < -0.3 is 16.2 Å². The number of ketones is 1. The molecule has 1 heterocycles. The van der Waals surface area contributed by atoms with E-state index in [-0.39, 0.29) is 17.7 Å². The second kappa shape index (κ2) is 5.09. The second-order valence-electron chi connectivity index (χ2n) is 4.08. The summed E-state index contributed by atoms with van der Waals surface area (Å²) in [5.74, 6) is -0.519. The Morgan fingerprint density at radius 2 is 2.33 bits per heavy atom. The summed E-state index contributed by atoms with van der Waals surface area (Å²) in [6, 6.07) is 4.98. The van der Waals surface area contributed by atoms with Crippen LogP contribution in [0.25, 0.3) is 0 Å². The van der Waals surface area contributed by atoms with Crippen molar-refractivity contribution in [2.75, 3.05) is 11.9 Å². The summed E-state index contributed by atoms with van der Waals surface area (Å²) in [4.78, 5) is 24.2. The van der Waals surface area contributed by atoms with Crippen LogP contribution in [0, 0.1) is 0 Å². The van der Waals surface area contributed by atoms with Crippen molar-refractivity contribution in [1.29, 1.82) is 0 Å². The molecule has 0 aromatic heterocycles. The molecule has 5 nitrogen and oxygen atoms in total. The van der Waals surface area contributed by atoms with E-state index in [0.717, 1.165) is 4.90 Å². The molecule has 0 spiro atoms. The van der Waals surface area contributed by atoms with E-state index in [4.69, 9.17) is 5.73 Å². The maximum Gasteiger partial charge on any atom is 0.237 e. The first kappa shape index (κ1) is 13.1. The minimum Gasteiger partial charge on any atom is -0.384 e. The lowest BCUT2D eigenvalue weighted by Gasteiger charge is -2.21. The van der Waals surface area contributed by atoms with Crippen molar-refractivity contribution < 1.29 is 14.7 Å². The number of aliphatic hydroxyl groups excluding tert-OH is 1. The van der Waals surface area contributed by atoms with Crippen molar-refractivity contribution >= 4 is 29.1 Å². The molecule has 96 valence electrons. The number of Topliss-reactive ketones (excluding diaryl/α,β-unsaturated/α-hetero) is 1. The van der Waals surface area contributed by atoms with Crippen molar-refractivity contribution in [1.82, 2.24) is 0 Å². The molecule has 2 unspecified atom stereocenters. The van der Waals surface area contributed by atoms with Crippen molar-refractivity contribution in [2.24, 2.45) is 5.73 Å². The number of amides is 1. The SMILES string of the molecule is CC1Sc2ccc(C(=O)C(O)CN)cc2NC1=O. The lowest BCUT2D eigenvalue weighted by atomic mass is 10.1. The van der Waals surface area contributed by atoms with Crippen LogP contribution in [-0.4, -0.2) is 34.7 Å². The van der Waals surface area contributed by atoms with Crippen LogP contribution < -0.4 is 11.1 Å². The predicted octanol–water partition coefficient (Wildman–Crippen LogP) is 0.622. The summed E-state index contributed by atoms with van der Waals surface area (Å²) in [7, 11) is 0. The number of nitrogens with two attached hydrogens (primary N) is 1. The number of carbonyl (C=O) groups is 2. The van der Waals surface area contributed by atoms with E-state index in [9.17, 15) is 14.7 Å². The molecule has 18 heavy (non-hydrogen) atoms. The molecule has 2 rings (SSSR count). The number of aliphatic hydroxyl groups is 1. The van der Waals surface area contributed by atoms with Gasteiger partial charge in [-0.1, -0.05) is 6.07 Å². The molecule has 1 aromatic carbocycles. The first-order chi connectivity index (χ1) is 8.52. The van der Waals surface area contributed by atoms with E-state index >= 15 is 0 Å². The van der Waals surface area contributed by atoms with Gasteiger partial charge in [-0.2, -0.15) is 0 Å². The van der Waals surface area contributed by atoms with Gasteiger partial charge in [-0.05, 0) is 19.1 Å². The number of benzene rings is 1. The minimum atomic E-state index is -1.20. The highest BCUT2D eigenvalue weighted by molar-refractivity contribution is 8.00. The van der Waals surface area contributed by atoms with Crippen molar-refractivity contribution in [2.45, 2.75) is 23.2 Å². The van der Waals surface area contributed by atoms with E-state index in [1.54, 1.807) is 18.2 Å². The Kier molecular flexibility index (Phi) is 3.70. The van der Waals surface area contributed by atoms with Gasteiger partial charge in [0.1, 0.15) is 6.10 Å². The molecule has 0 saturated carbocycles. The van der Waals surface area contributed by atoms with Crippen LogP contribution in [-0.2, 0) is 4.79 Å². The number of anilines is 1. The average Bonchev–Trinajstić information content (AvgIpc) is 2.37. The van der Waals surface area contributed by atoms with Crippen LogP contribution in [0.5, 0.6) is 0 Å². The van der Waals surface area contributed by atoms with Crippen molar-refractivity contribution in [3.05, 3.63) is 23.8 Å². The van der Waals surface area contributed by atoms with E-state index in [1.807, 2.05) is 6.92 Å². The van der Waals surface area contributed by atoms with Gasteiger partial charge in [-0.25, -0.2) is 0 Å². The number of rotatable bonds is 3. The van der Waals surface area contributed by atoms with Gasteiger partial charge in [0, 0.05) is 17.0 Å². The van der Waals surface area contributed by atoms with Crippen LogP contribution in [0.1, 0.15) is 17.3 Å². The fraction of sp³-hybridized carbons (Fsp3) is 0.333.